The molecule has 0 aliphatic carbocycles. The van der Waals surface area contributed by atoms with Crippen molar-refractivity contribution in [3.05, 3.63) is 9.84 Å². The first-order valence-electron chi connectivity index (χ1n) is 20.0. The van der Waals surface area contributed by atoms with Gasteiger partial charge >= 0.3 is 67.9 Å². The molecule has 0 aromatic heterocycles. The van der Waals surface area contributed by atoms with E-state index >= 15 is 0 Å². The zero-order valence-corrected chi connectivity index (χ0v) is 44.1. The minimum atomic E-state index is -0.826. The van der Waals surface area contributed by atoms with Crippen molar-refractivity contribution in [1.82, 2.24) is 21.3 Å². The van der Waals surface area contributed by atoms with E-state index in [-0.39, 0.29) is 91.8 Å². The molecule has 58 heavy (non-hydrogen) atoms. The van der Waals surface area contributed by atoms with Crippen molar-refractivity contribution in [3.63, 3.8) is 0 Å². The van der Waals surface area contributed by atoms with Crippen LogP contribution in [0.1, 0.15) is 83.4 Å². The molecular formula is C38H62I2N8O6S2V2. The number of aliphatic imine (C=N–C) groups is 4. The van der Waals surface area contributed by atoms with Gasteiger partial charge in [-0.1, -0.05) is 68.2 Å². The molecule has 0 aromatic carbocycles. The quantitative estimate of drug-likeness (QED) is 0.210. The Morgan fingerprint density at radius 2 is 1.05 bits per heavy atom. The van der Waals surface area contributed by atoms with Gasteiger partial charge in [0, 0.05) is 30.1 Å². The van der Waals surface area contributed by atoms with E-state index in [4.69, 9.17) is 31.4 Å². The number of nitrogens with zero attached hydrogens (tertiary/aromatic N) is 4. The van der Waals surface area contributed by atoms with Gasteiger partial charge in [0.15, 0.2) is 12.1 Å². The van der Waals surface area contributed by atoms with E-state index in [0.717, 1.165) is 12.8 Å². The molecule has 2 radical (unpaired) electrons. The van der Waals surface area contributed by atoms with Crippen molar-refractivity contribution in [2.75, 3.05) is 11.5 Å². The predicted molar refractivity (Wildman–Crippen MR) is 249 cm³/mol. The Bertz CT molecular complexity index is 1510. The Labute approximate surface area is 407 Å². The number of amides is 4. The Kier molecular flexibility index (Phi) is 22.8. The van der Waals surface area contributed by atoms with Crippen LogP contribution in [0.5, 0.6) is 0 Å². The average Bonchev–Trinajstić information content (AvgIpc) is 4.00. The van der Waals surface area contributed by atoms with Crippen LogP contribution in [0.15, 0.2) is 20.0 Å². The molecule has 4 N–H and O–H groups in total. The van der Waals surface area contributed by atoms with E-state index in [1.165, 1.54) is 23.5 Å². The van der Waals surface area contributed by atoms with Gasteiger partial charge in [0.25, 0.3) is 0 Å². The molecule has 0 saturated heterocycles. The fraction of sp³-hybridized carbons (Fsp3) is 0.737. The number of ether oxygens (including phenoxy) is 2. The Morgan fingerprint density at radius 1 is 0.724 bits per heavy atom. The molecule has 0 spiro atoms. The summed E-state index contributed by atoms with van der Waals surface area (Å²) in [7, 11) is 0. The molecule has 20 heteroatoms. The minimum absolute atomic E-state index is 0. The van der Waals surface area contributed by atoms with Crippen molar-refractivity contribution in [2.24, 2.45) is 43.6 Å². The number of fused-ring (bicyclic) bond motifs is 4. The normalized spacial score (nSPS) is 32.8. The van der Waals surface area contributed by atoms with Gasteiger partial charge in [-0.2, -0.15) is 0 Å². The zero-order valence-electron chi connectivity index (χ0n) is 37.1. The average molecular weight is 1150 g/mol. The molecule has 0 saturated carbocycles. The molecule has 326 valence electrons. The van der Waals surface area contributed by atoms with Gasteiger partial charge in [-0.25, -0.2) is 9.98 Å². The van der Waals surface area contributed by atoms with Crippen molar-refractivity contribution in [3.8, 4) is 0 Å². The number of nitrogens with one attached hydrogen (secondary N) is 4. The van der Waals surface area contributed by atoms with Gasteiger partial charge in [0.2, 0.25) is 35.4 Å². The van der Waals surface area contributed by atoms with Gasteiger partial charge < -0.3 is 38.2 Å². The molecule has 14 nitrogen and oxygen atoms in total. The minimum Gasteiger partial charge on any atom is -0.358 e. The number of rotatable bonds is 7. The molecule has 4 amide bonds. The zero-order chi connectivity index (χ0) is 42.3. The van der Waals surface area contributed by atoms with Gasteiger partial charge in [-0.3, -0.25) is 29.2 Å². The van der Waals surface area contributed by atoms with Crippen LogP contribution in [-0.4, -0.2) is 118 Å². The summed E-state index contributed by atoms with van der Waals surface area (Å²) < 4.78 is 26.1. The summed E-state index contributed by atoms with van der Waals surface area (Å²) in [6.07, 6.45) is 0.363. The molecular weight excluding hydrogens is 1080 g/mol. The number of thioether (sulfide) groups is 2. The van der Waals surface area contributed by atoms with Gasteiger partial charge in [-0.05, 0) is 37.5 Å². The van der Waals surface area contributed by atoms with Crippen molar-refractivity contribution >= 4 is 114 Å². The van der Waals surface area contributed by atoms with Crippen LogP contribution in [0.3, 0.4) is 0 Å². The monoisotopic (exact) mass is 1150 g/mol. The second kappa shape index (κ2) is 25.6. The summed E-state index contributed by atoms with van der Waals surface area (Å²) in [5.74, 6) is 0.230. The van der Waals surface area contributed by atoms with Crippen LogP contribution in [0.2, 0.25) is 0 Å². The summed E-state index contributed by atoms with van der Waals surface area (Å²) in [4.78, 5) is 74.2. The first kappa shape index (κ1) is 51.8. The van der Waals surface area contributed by atoms with Gasteiger partial charge in [0.1, 0.15) is 36.4 Å². The van der Waals surface area contributed by atoms with Crippen molar-refractivity contribution < 1.29 is 67.1 Å². The third kappa shape index (κ3) is 13.7. The van der Waals surface area contributed by atoms with Crippen LogP contribution < -0.4 is 21.3 Å². The Morgan fingerprint density at radius 3 is 1.34 bits per heavy atom. The first-order valence-corrected chi connectivity index (χ1v) is 23.3. The van der Waals surface area contributed by atoms with E-state index < -0.39 is 82.9 Å². The maximum absolute atomic E-state index is 13.8. The molecule has 5 rings (SSSR count). The van der Waals surface area contributed by atoms with Crippen molar-refractivity contribution in [2.45, 2.75) is 143 Å². The van der Waals surface area contributed by atoms with Gasteiger partial charge in [-0.15, -0.1) is 23.5 Å². The van der Waals surface area contributed by atoms with E-state index in [2.05, 4.69) is 21.3 Å². The smallest absolute Gasteiger partial charge is 0.358 e. The third-order valence-electron chi connectivity index (χ3n) is 10.5. The summed E-state index contributed by atoms with van der Waals surface area (Å²) in [6.45, 7) is 19.7. The molecule has 12 atom stereocenters. The third-order valence-corrected chi connectivity index (χ3v) is 12.8. The molecule has 0 fully saturated rings. The van der Waals surface area contributed by atoms with E-state index in [1.807, 2.05) is 78.0 Å². The number of hydrogen-bond acceptors (Lipinski definition) is 12. The Balaban J connectivity index is 0.00000212. The second-order valence-electron chi connectivity index (χ2n) is 15.3. The van der Waals surface area contributed by atoms with Crippen molar-refractivity contribution in [1.29, 1.82) is 0.594 Å². The maximum atomic E-state index is 13.8. The molecule has 5 heterocycles. The largest absolute Gasteiger partial charge is 2.00 e. The van der Waals surface area contributed by atoms with Crippen LogP contribution >= 0.6 is 68.5 Å². The van der Waals surface area contributed by atoms with Gasteiger partial charge in [0.05, 0.1) is 22.2 Å². The molecule has 8 bridgehead atoms. The van der Waals surface area contributed by atoms with Crippen LogP contribution in [0.4, 0.5) is 0 Å². The maximum Gasteiger partial charge on any atom is 2.00 e. The molecule has 5 aliphatic heterocycles. The summed E-state index contributed by atoms with van der Waals surface area (Å²) in [5.41, 5.74) is 0. The van der Waals surface area contributed by atoms with E-state index in [1.54, 1.807) is 13.8 Å². The first-order chi connectivity index (χ1) is 26.9. The fourth-order valence-electron chi connectivity index (χ4n) is 6.67. The van der Waals surface area contributed by atoms with E-state index in [0.29, 0.717) is 35.8 Å². The van der Waals surface area contributed by atoms with Crippen LogP contribution in [0, 0.1) is 33.5 Å². The number of carbonyl (C=O) groups excluding carboxylic acids is 4. The summed E-state index contributed by atoms with van der Waals surface area (Å²) in [6, 6.07) is -4.99. The molecule has 4 unspecified atom stereocenters. The number of carbonyl (C=O) groups is 4. The summed E-state index contributed by atoms with van der Waals surface area (Å²) in [5, 5.41) is 13.9. The van der Waals surface area contributed by atoms with Crippen LogP contribution in [-0.2, 0) is 65.8 Å². The standard InChI is InChI=1S/C36H56N8O6S2.CH3I2.CH3.2V/c1-11-17(7)25-33-43-27(19(9)49-33)31(47)39-24(16(5)6)36-38-22(14-52-36)30(46)42-26(18(8)12-2)34-44-28(20(10)50-34)32(48)40-23(15(3)4)35-37-21(13-51-35)29(45)41-25;2-1-3;;;/h15-28H,11-14H2,1-10H3,(H,39,47)(H,40,48)(H,41,45)(H,42,46);1H,2H2;1H3;;/q;2*-1;;+2/t17?,18?,19-,20-,21?,22?,23-,24-,25+,26+,27+,28+;;;;/m1..../s1/i;1T,2T;;;. The molecule has 5 aliphatic rings. The summed E-state index contributed by atoms with van der Waals surface area (Å²) >= 11 is 4.00. The number of halogens is 2. The fourth-order valence-corrected chi connectivity index (χ4v) is 9.20. The number of hydrogen-bond donors (Lipinski definition) is 4. The SMILES string of the molecule is CCC(C)[C@@H]1NC(=O)C2CSC(=N2)[C@@H](C(C)C)NC(=O)[C@H]2N=C(O[C@@H]2C)[C@H](C(C)CC)NC(=O)C2CSC(=N2)[C@@H](C(C)C)NC(=O)[C@H]2N=C1O[C@@H]2C.[3H][IH][C-]([3H])I.[CH3-].[V+2].[V]. The predicted octanol–water partition coefficient (Wildman–Crippen LogP) is 4.63. The van der Waals surface area contributed by atoms with E-state index in [9.17, 15) is 19.2 Å². The van der Waals surface area contributed by atoms with Crippen LogP contribution in [0.25, 0.3) is 0 Å². The topological polar surface area (TPSA) is 184 Å². The Hall–Kier alpha value is -0.511. The molecule has 0 aromatic rings. The second-order valence-corrected chi connectivity index (χ2v) is 20.8.